The van der Waals surface area contributed by atoms with Crippen LogP contribution < -0.4 is 5.32 Å². The normalized spacial score (nSPS) is 15.6. The van der Waals surface area contributed by atoms with Gasteiger partial charge in [0.05, 0.1) is 12.1 Å². The highest BCUT2D eigenvalue weighted by atomic mass is 35.5. The Morgan fingerprint density at radius 1 is 1.35 bits per heavy atom. The highest BCUT2D eigenvalue weighted by molar-refractivity contribution is 7.09. The Kier molecular flexibility index (Phi) is 6.27. The molecular weight excluding hydrogens is 370 g/mol. The number of hydrogen-bond acceptors (Lipinski definition) is 4. The third-order valence-electron chi connectivity index (χ3n) is 4.69. The third-order valence-corrected chi connectivity index (χ3v) is 5.77. The van der Waals surface area contributed by atoms with Gasteiger partial charge >= 0.3 is 0 Å². The summed E-state index contributed by atoms with van der Waals surface area (Å²) in [5.41, 5.74) is 0.423. The van der Waals surface area contributed by atoms with E-state index in [0.717, 1.165) is 30.6 Å². The van der Waals surface area contributed by atoms with Gasteiger partial charge < -0.3 is 10.2 Å². The quantitative estimate of drug-likeness (QED) is 0.760. The van der Waals surface area contributed by atoms with Crippen LogP contribution in [0.5, 0.6) is 0 Å². The fourth-order valence-electron chi connectivity index (χ4n) is 3.16. The minimum atomic E-state index is -0.569. The third kappa shape index (κ3) is 4.62. The number of nitrogens with zero attached hydrogens (tertiary/aromatic N) is 2. The summed E-state index contributed by atoms with van der Waals surface area (Å²) in [4.78, 5) is 32.4. The van der Waals surface area contributed by atoms with E-state index < -0.39 is 6.04 Å². The maximum atomic E-state index is 13.0. The molecule has 1 aliphatic carbocycles. The lowest BCUT2D eigenvalue weighted by molar-refractivity contribution is -0.126. The SMILES string of the molecule is CC(C(=O)NC1CCCC1)N(Cc1cccs1)C(=O)c1ccc(Cl)nc1. The van der Waals surface area contributed by atoms with Crippen LogP contribution in [0, 0.1) is 0 Å². The van der Waals surface area contributed by atoms with Crippen LogP contribution in [0.15, 0.2) is 35.8 Å². The van der Waals surface area contributed by atoms with E-state index in [1.54, 1.807) is 35.3 Å². The molecule has 1 aliphatic rings. The van der Waals surface area contributed by atoms with Crippen LogP contribution in [0.2, 0.25) is 5.15 Å². The van der Waals surface area contributed by atoms with Crippen molar-refractivity contribution in [1.82, 2.24) is 15.2 Å². The van der Waals surface area contributed by atoms with E-state index >= 15 is 0 Å². The molecule has 1 fully saturated rings. The minimum absolute atomic E-state index is 0.108. The molecule has 0 bridgehead atoms. The zero-order chi connectivity index (χ0) is 18.5. The van der Waals surface area contributed by atoms with Crippen LogP contribution >= 0.6 is 22.9 Å². The first-order chi connectivity index (χ1) is 12.5. The van der Waals surface area contributed by atoms with Crippen molar-refractivity contribution in [3.05, 3.63) is 51.4 Å². The molecular formula is C19H22ClN3O2S. The molecule has 1 unspecified atom stereocenters. The number of nitrogens with one attached hydrogen (secondary N) is 1. The van der Waals surface area contributed by atoms with Gasteiger partial charge in [0.15, 0.2) is 0 Å². The average Bonchev–Trinajstić information content (AvgIpc) is 3.33. The van der Waals surface area contributed by atoms with Gasteiger partial charge in [0.2, 0.25) is 5.91 Å². The summed E-state index contributed by atoms with van der Waals surface area (Å²) in [6.45, 7) is 2.16. The first-order valence-corrected chi connectivity index (χ1v) is 10.1. The van der Waals surface area contributed by atoms with Crippen LogP contribution in [0.3, 0.4) is 0 Å². The van der Waals surface area contributed by atoms with Crippen LogP contribution in [0.1, 0.15) is 47.8 Å². The molecule has 2 aromatic rings. The number of aromatic nitrogens is 1. The number of amides is 2. The van der Waals surface area contributed by atoms with Crippen molar-refractivity contribution in [2.75, 3.05) is 0 Å². The molecule has 138 valence electrons. The van der Waals surface area contributed by atoms with Crippen molar-refractivity contribution in [2.45, 2.75) is 51.2 Å². The zero-order valence-corrected chi connectivity index (χ0v) is 16.2. The fourth-order valence-corrected chi connectivity index (χ4v) is 3.97. The zero-order valence-electron chi connectivity index (χ0n) is 14.7. The Hall–Kier alpha value is -1.92. The minimum Gasteiger partial charge on any atom is -0.352 e. The highest BCUT2D eigenvalue weighted by Gasteiger charge is 2.29. The summed E-state index contributed by atoms with van der Waals surface area (Å²) < 4.78 is 0. The molecule has 1 atom stereocenters. The van der Waals surface area contributed by atoms with Crippen LogP contribution in [0.25, 0.3) is 0 Å². The monoisotopic (exact) mass is 391 g/mol. The lowest BCUT2D eigenvalue weighted by atomic mass is 10.1. The van der Waals surface area contributed by atoms with Gasteiger partial charge in [-0.25, -0.2) is 4.98 Å². The van der Waals surface area contributed by atoms with E-state index in [-0.39, 0.29) is 17.9 Å². The second kappa shape index (κ2) is 8.64. The number of rotatable bonds is 6. The van der Waals surface area contributed by atoms with Crippen LogP contribution in [0.4, 0.5) is 0 Å². The standard InChI is InChI=1S/C19H22ClN3O2S/c1-13(18(24)22-15-5-2-3-6-15)23(12-16-7-4-10-26-16)19(25)14-8-9-17(20)21-11-14/h4,7-11,13,15H,2-3,5-6,12H2,1H3,(H,22,24). The maximum absolute atomic E-state index is 13.0. The molecule has 2 amide bonds. The van der Waals surface area contributed by atoms with Crippen molar-refractivity contribution in [1.29, 1.82) is 0 Å². The molecule has 26 heavy (non-hydrogen) atoms. The molecule has 0 radical (unpaired) electrons. The largest absolute Gasteiger partial charge is 0.352 e. The first-order valence-electron chi connectivity index (χ1n) is 8.80. The Morgan fingerprint density at radius 3 is 2.73 bits per heavy atom. The molecule has 3 rings (SSSR count). The van der Waals surface area contributed by atoms with E-state index in [1.807, 2.05) is 17.5 Å². The Bertz CT molecular complexity index is 743. The lowest BCUT2D eigenvalue weighted by Gasteiger charge is -2.29. The van der Waals surface area contributed by atoms with E-state index in [0.29, 0.717) is 17.3 Å². The van der Waals surface area contributed by atoms with E-state index in [1.165, 1.54) is 6.20 Å². The molecule has 7 heteroatoms. The average molecular weight is 392 g/mol. The molecule has 5 nitrogen and oxygen atoms in total. The van der Waals surface area contributed by atoms with Gasteiger partial charge in [-0.15, -0.1) is 11.3 Å². The number of carbonyl (C=O) groups is 2. The highest BCUT2D eigenvalue weighted by Crippen LogP contribution is 2.20. The Morgan fingerprint density at radius 2 is 2.12 bits per heavy atom. The van der Waals surface area contributed by atoms with Crippen molar-refractivity contribution >= 4 is 34.8 Å². The van der Waals surface area contributed by atoms with Gasteiger partial charge in [0.25, 0.3) is 5.91 Å². The molecule has 1 saturated carbocycles. The number of halogens is 1. The Labute approximate surface area is 162 Å². The van der Waals surface area contributed by atoms with Crippen molar-refractivity contribution in [3.8, 4) is 0 Å². The van der Waals surface area contributed by atoms with Gasteiger partial charge in [0.1, 0.15) is 11.2 Å². The van der Waals surface area contributed by atoms with Gasteiger partial charge in [-0.1, -0.05) is 30.5 Å². The fraction of sp³-hybridized carbons (Fsp3) is 0.421. The predicted octanol–water partition coefficient (Wildman–Crippen LogP) is 3.89. The van der Waals surface area contributed by atoms with Crippen LogP contribution in [-0.2, 0) is 11.3 Å². The molecule has 0 saturated heterocycles. The maximum Gasteiger partial charge on any atom is 0.256 e. The number of thiophene rings is 1. The van der Waals surface area contributed by atoms with Crippen molar-refractivity contribution in [2.24, 2.45) is 0 Å². The molecule has 2 heterocycles. The summed E-state index contributed by atoms with van der Waals surface area (Å²) in [5.74, 6) is -0.333. The van der Waals surface area contributed by atoms with Gasteiger partial charge in [-0.05, 0) is 43.3 Å². The van der Waals surface area contributed by atoms with Crippen molar-refractivity contribution < 1.29 is 9.59 Å². The van der Waals surface area contributed by atoms with Gasteiger partial charge in [-0.3, -0.25) is 9.59 Å². The molecule has 0 aromatic carbocycles. The molecule has 1 N–H and O–H groups in total. The second-order valence-electron chi connectivity index (χ2n) is 6.55. The summed E-state index contributed by atoms with van der Waals surface area (Å²) in [5, 5.41) is 5.38. The van der Waals surface area contributed by atoms with E-state index in [9.17, 15) is 9.59 Å². The van der Waals surface area contributed by atoms with Crippen molar-refractivity contribution in [3.63, 3.8) is 0 Å². The second-order valence-corrected chi connectivity index (χ2v) is 7.97. The van der Waals surface area contributed by atoms with E-state index in [4.69, 9.17) is 11.6 Å². The summed E-state index contributed by atoms with van der Waals surface area (Å²) in [6, 6.07) is 6.78. The summed E-state index contributed by atoms with van der Waals surface area (Å²) in [6.07, 6.45) is 5.77. The van der Waals surface area contributed by atoms with Gasteiger partial charge in [-0.2, -0.15) is 0 Å². The van der Waals surface area contributed by atoms with Crippen LogP contribution in [-0.4, -0.2) is 33.8 Å². The number of hydrogen-bond donors (Lipinski definition) is 1. The smallest absolute Gasteiger partial charge is 0.256 e. The molecule has 2 aromatic heterocycles. The molecule has 0 aliphatic heterocycles. The number of pyridine rings is 1. The summed E-state index contributed by atoms with van der Waals surface area (Å²) >= 11 is 7.39. The topological polar surface area (TPSA) is 62.3 Å². The number of carbonyl (C=O) groups excluding carboxylic acids is 2. The Balaban J connectivity index is 1.78. The predicted molar refractivity (Wildman–Crippen MR) is 103 cm³/mol. The first kappa shape index (κ1) is 18.9. The molecule has 0 spiro atoms. The lowest BCUT2D eigenvalue weighted by Crippen LogP contribution is -2.49. The van der Waals surface area contributed by atoms with Gasteiger partial charge in [0, 0.05) is 17.1 Å². The van der Waals surface area contributed by atoms with E-state index in [2.05, 4.69) is 10.3 Å². The summed E-state index contributed by atoms with van der Waals surface area (Å²) in [7, 11) is 0.